The summed E-state index contributed by atoms with van der Waals surface area (Å²) < 4.78 is 5.60. The Morgan fingerprint density at radius 2 is 2.10 bits per heavy atom. The summed E-state index contributed by atoms with van der Waals surface area (Å²) in [5.41, 5.74) is 7.37. The van der Waals surface area contributed by atoms with Gasteiger partial charge in [-0.05, 0) is 31.0 Å². The highest BCUT2D eigenvalue weighted by atomic mass is 16.6. The summed E-state index contributed by atoms with van der Waals surface area (Å²) in [5, 5.41) is 10.7. The lowest BCUT2D eigenvalue weighted by Gasteiger charge is -2.09. The van der Waals surface area contributed by atoms with Gasteiger partial charge in [-0.1, -0.05) is 6.07 Å². The van der Waals surface area contributed by atoms with Gasteiger partial charge in [0.15, 0.2) is 0 Å². The molecule has 0 aliphatic rings. The Morgan fingerprint density at radius 1 is 1.35 bits per heavy atom. The van der Waals surface area contributed by atoms with E-state index in [1.165, 1.54) is 12.1 Å². The van der Waals surface area contributed by atoms with Crippen LogP contribution < -0.4 is 10.5 Å². The van der Waals surface area contributed by atoms with E-state index in [0.717, 1.165) is 5.56 Å². The van der Waals surface area contributed by atoms with Crippen LogP contribution in [0, 0.1) is 17.0 Å². The number of aryl methyl sites for hydroxylation is 1. The number of ether oxygens (including phenoxy) is 1. The van der Waals surface area contributed by atoms with Gasteiger partial charge < -0.3 is 10.5 Å². The molecule has 1 heterocycles. The Bertz CT molecular complexity index is 624. The topological polar surface area (TPSA) is 91.3 Å². The summed E-state index contributed by atoms with van der Waals surface area (Å²) in [6.07, 6.45) is 1.65. The lowest BCUT2D eigenvalue weighted by molar-refractivity contribution is -0.384. The highest BCUT2D eigenvalue weighted by Gasteiger charge is 2.10. The predicted molar refractivity (Wildman–Crippen MR) is 74.7 cm³/mol. The van der Waals surface area contributed by atoms with E-state index < -0.39 is 4.92 Å². The van der Waals surface area contributed by atoms with Gasteiger partial charge in [-0.15, -0.1) is 0 Å². The lowest BCUT2D eigenvalue weighted by Crippen LogP contribution is -2.05. The molecule has 0 aliphatic carbocycles. The molecule has 2 N–H and O–H groups in total. The van der Waals surface area contributed by atoms with Gasteiger partial charge in [0.1, 0.15) is 5.75 Å². The molecule has 0 saturated heterocycles. The van der Waals surface area contributed by atoms with E-state index >= 15 is 0 Å². The summed E-state index contributed by atoms with van der Waals surface area (Å²) >= 11 is 0. The molecule has 0 radical (unpaired) electrons. The van der Waals surface area contributed by atoms with Crippen molar-refractivity contribution >= 4 is 5.69 Å². The number of rotatable bonds is 4. The number of non-ortho nitro benzene ring substituents is 1. The first-order chi connectivity index (χ1) is 9.47. The van der Waals surface area contributed by atoms with Gasteiger partial charge in [0.2, 0.25) is 5.88 Å². The lowest BCUT2D eigenvalue weighted by atomic mass is 10.1. The van der Waals surface area contributed by atoms with Crippen LogP contribution in [0.4, 0.5) is 5.69 Å². The van der Waals surface area contributed by atoms with Crippen molar-refractivity contribution in [3.05, 3.63) is 57.8 Å². The monoisotopic (exact) mass is 273 g/mol. The van der Waals surface area contributed by atoms with Crippen LogP contribution in [0.15, 0.2) is 36.5 Å². The van der Waals surface area contributed by atoms with Crippen molar-refractivity contribution in [1.82, 2.24) is 4.98 Å². The molecule has 20 heavy (non-hydrogen) atoms. The van der Waals surface area contributed by atoms with E-state index in [2.05, 4.69) is 4.98 Å². The molecule has 0 bridgehead atoms. The van der Waals surface area contributed by atoms with E-state index in [4.69, 9.17) is 10.5 Å². The van der Waals surface area contributed by atoms with Crippen molar-refractivity contribution in [2.24, 2.45) is 5.73 Å². The first kappa shape index (κ1) is 14.0. The summed E-state index contributed by atoms with van der Waals surface area (Å²) in [5.74, 6) is 0.961. The molecule has 2 rings (SSSR count). The number of hydrogen-bond acceptors (Lipinski definition) is 5. The first-order valence-corrected chi connectivity index (χ1v) is 6.12. The third-order valence-corrected chi connectivity index (χ3v) is 2.87. The number of aromatic nitrogens is 1. The normalized spacial score (nSPS) is 11.9. The zero-order valence-corrected chi connectivity index (χ0v) is 11.2. The van der Waals surface area contributed by atoms with E-state index in [-0.39, 0.29) is 11.7 Å². The van der Waals surface area contributed by atoms with Crippen LogP contribution in [0.3, 0.4) is 0 Å². The number of nitrogens with zero attached hydrogens (tertiary/aromatic N) is 2. The predicted octanol–water partition coefficient (Wildman–Crippen LogP) is 3.11. The van der Waals surface area contributed by atoms with E-state index in [1.807, 2.05) is 13.0 Å². The van der Waals surface area contributed by atoms with Gasteiger partial charge in [-0.3, -0.25) is 10.1 Å². The number of nitrogens with two attached hydrogens (primary N) is 1. The fourth-order valence-electron chi connectivity index (χ4n) is 1.70. The molecular formula is C14H15N3O3. The first-order valence-electron chi connectivity index (χ1n) is 6.12. The van der Waals surface area contributed by atoms with Crippen LogP contribution >= 0.6 is 0 Å². The Hall–Kier alpha value is -2.47. The summed E-state index contributed by atoms with van der Waals surface area (Å²) in [6.45, 7) is 3.62. The Morgan fingerprint density at radius 3 is 2.60 bits per heavy atom. The van der Waals surface area contributed by atoms with Crippen molar-refractivity contribution in [1.29, 1.82) is 0 Å². The number of nitro benzene ring substituents is 1. The van der Waals surface area contributed by atoms with Gasteiger partial charge in [0.05, 0.1) is 4.92 Å². The summed E-state index contributed by atoms with van der Waals surface area (Å²) in [6, 6.07) is 7.91. The SMILES string of the molecule is Cc1cc([N+](=O)[O-])ccc1Oc1ccc([C@@H](C)N)cn1. The molecule has 6 heteroatoms. The second-order valence-corrected chi connectivity index (χ2v) is 4.53. The smallest absolute Gasteiger partial charge is 0.269 e. The molecule has 0 unspecified atom stereocenters. The number of benzene rings is 1. The average Bonchev–Trinajstić information content (AvgIpc) is 2.41. The molecule has 1 atom stereocenters. The molecule has 2 aromatic rings. The zero-order chi connectivity index (χ0) is 14.7. The minimum Gasteiger partial charge on any atom is -0.439 e. The van der Waals surface area contributed by atoms with Crippen LogP contribution in [-0.2, 0) is 0 Å². The van der Waals surface area contributed by atoms with Crippen molar-refractivity contribution in [2.75, 3.05) is 0 Å². The largest absolute Gasteiger partial charge is 0.439 e. The Labute approximate surface area is 116 Å². The quantitative estimate of drug-likeness (QED) is 0.682. The Balaban J connectivity index is 2.19. The summed E-state index contributed by atoms with van der Waals surface area (Å²) in [4.78, 5) is 14.4. The molecule has 0 saturated carbocycles. The third-order valence-electron chi connectivity index (χ3n) is 2.87. The molecular weight excluding hydrogens is 258 g/mol. The molecule has 0 fully saturated rings. The summed E-state index contributed by atoms with van der Waals surface area (Å²) in [7, 11) is 0. The van der Waals surface area contributed by atoms with Crippen molar-refractivity contribution in [3.8, 4) is 11.6 Å². The van der Waals surface area contributed by atoms with Crippen LogP contribution in [-0.4, -0.2) is 9.91 Å². The maximum atomic E-state index is 10.7. The van der Waals surface area contributed by atoms with Crippen LogP contribution in [0.1, 0.15) is 24.1 Å². The molecule has 1 aromatic carbocycles. The number of pyridine rings is 1. The average molecular weight is 273 g/mol. The molecule has 0 amide bonds. The van der Waals surface area contributed by atoms with Crippen molar-refractivity contribution in [3.63, 3.8) is 0 Å². The second kappa shape index (κ2) is 5.66. The highest BCUT2D eigenvalue weighted by molar-refractivity contribution is 5.44. The zero-order valence-electron chi connectivity index (χ0n) is 11.2. The maximum absolute atomic E-state index is 10.7. The van der Waals surface area contributed by atoms with Gasteiger partial charge in [-0.2, -0.15) is 0 Å². The molecule has 6 nitrogen and oxygen atoms in total. The van der Waals surface area contributed by atoms with Gasteiger partial charge in [-0.25, -0.2) is 4.98 Å². The van der Waals surface area contributed by atoms with Crippen LogP contribution in [0.5, 0.6) is 11.6 Å². The van der Waals surface area contributed by atoms with Crippen molar-refractivity contribution in [2.45, 2.75) is 19.9 Å². The van der Waals surface area contributed by atoms with Gasteiger partial charge >= 0.3 is 0 Å². The molecule has 0 aliphatic heterocycles. The minimum atomic E-state index is -0.438. The second-order valence-electron chi connectivity index (χ2n) is 4.53. The fraction of sp³-hybridized carbons (Fsp3) is 0.214. The molecule has 104 valence electrons. The maximum Gasteiger partial charge on any atom is 0.269 e. The fourth-order valence-corrected chi connectivity index (χ4v) is 1.70. The van der Waals surface area contributed by atoms with E-state index in [9.17, 15) is 10.1 Å². The molecule has 0 spiro atoms. The third kappa shape index (κ3) is 3.10. The number of nitro groups is 1. The van der Waals surface area contributed by atoms with Crippen molar-refractivity contribution < 1.29 is 9.66 Å². The highest BCUT2D eigenvalue weighted by Crippen LogP contribution is 2.27. The van der Waals surface area contributed by atoms with Gasteiger partial charge in [0, 0.05) is 30.4 Å². The minimum absolute atomic E-state index is 0.0371. The Kier molecular flexibility index (Phi) is 3.95. The van der Waals surface area contributed by atoms with Crippen LogP contribution in [0.25, 0.3) is 0 Å². The van der Waals surface area contributed by atoms with Gasteiger partial charge in [0.25, 0.3) is 5.69 Å². The van der Waals surface area contributed by atoms with E-state index in [0.29, 0.717) is 17.2 Å². The van der Waals surface area contributed by atoms with Crippen LogP contribution in [0.2, 0.25) is 0 Å². The standard InChI is InChI=1S/C14H15N3O3/c1-9-7-12(17(18)19)4-5-13(9)20-14-6-3-11(8-16-14)10(2)15/h3-8,10H,15H2,1-2H3/t10-/m1/s1. The van der Waals surface area contributed by atoms with E-state index in [1.54, 1.807) is 25.3 Å². The number of hydrogen-bond donors (Lipinski definition) is 1. The molecule has 1 aromatic heterocycles.